The van der Waals surface area contributed by atoms with Crippen molar-refractivity contribution in [3.05, 3.63) is 12.2 Å². The molecule has 4 rings (SSSR count). The molecule has 0 bridgehead atoms. The van der Waals surface area contributed by atoms with E-state index in [2.05, 4.69) is 27.4 Å². The number of hydrogen-bond acceptors (Lipinski definition) is 2. The lowest BCUT2D eigenvalue weighted by Gasteiger charge is -2.63. The van der Waals surface area contributed by atoms with Gasteiger partial charge in [0, 0.05) is 18.3 Å². The first kappa shape index (κ1) is 16.1. The lowest BCUT2D eigenvalue weighted by atomic mass is 9.46. The first-order chi connectivity index (χ1) is 10.9. The van der Waals surface area contributed by atoms with Gasteiger partial charge >= 0.3 is 0 Å². The van der Waals surface area contributed by atoms with E-state index in [4.69, 9.17) is 9.47 Å². The van der Waals surface area contributed by atoms with Crippen molar-refractivity contribution in [2.45, 2.75) is 90.4 Å². The monoisotopic (exact) mass is 318 g/mol. The van der Waals surface area contributed by atoms with Crippen LogP contribution in [0.15, 0.2) is 12.2 Å². The minimum atomic E-state index is -0.222. The van der Waals surface area contributed by atoms with Gasteiger partial charge in [-0.2, -0.15) is 0 Å². The Morgan fingerprint density at radius 2 is 1.83 bits per heavy atom. The summed E-state index contributed by atoms with van der Waals surface area (Å²) in [5.41, 5.74) is 2.08. The van der Waals surface area contributed by atoms with E-state index in [1.54, 1.807) is 0 Å². The molecule has 3 saturated carbocycles. The van der Waals surface area contributed by atoms with Crippen LogP contribution >= 0.6 is 0 Å². The average Bonchev–Trinajstić information content (AvgIpc) is 2.97. The van der Waals surface area contributed by atoms with Gasteiger partial charge in [-0.25, -0.2) is 0 Å². The van der Waals surface area contributed by atoms with Crippen molar-refractivity contribution in [3.8, 4) is 0 Å². The van der Waals surface area contributed by atoms with Crippen LogP contribution in [0.4, 0.5) is 0 Å². The van der Waals surface area contributed by atoms with Crippen molar-refractivity contribution in [1.82, 2.24) is 0 Å². The van der Waals surface area contributed by atoms with Crippen molar-refractivity contribution in [3.63, 3.8) is 0 Å². The summed E-state index contributed by atoms with van der Waals surface area (Å²) in [7, 11) is 0. The third-order valence-corrected chi connectivity index (χ3v) is 8.09. The summed E-state index contributed by atoms with van der Waals surface area (Å²) in [5, 5.41) is 0. The molecule has 1 aliphatic heterocycles. The van der Waals surface area contributed by atoms with Gasteiger partial charge in [0.1, 0.15) is 0 Å². The molecule has 1 unspecified atom stereocenters. The van der Waals surface area contributed by atoms with E-state index >= 15 is 0 Å². The van der Waals surface area contributed by atoms with E-state index in [1.165, 1.54) is 50.5 Å². The molecule has 0 amide bonds. The molecule has 2 nitrogen and oxygen atoms in total. The van der Waals surface area contributed by atoms with E-state index in [1.807, 2.05) is 0 Å². The minimum absolute atomic E-state index is 0.189. The fourth-order valence-corrected chi connectivity index (χ4v) is 6.87. The maximum atomic E-state index is 6.69. The first-order valence-corrected chi connectivity index (χ1v) is 9.93. The van der Waals surface area contributed by atoms with Crippen LogP contribution < -0.4 is 0 Å². The van der Waals surface area contributed by atoms with Gasteiger partial charge < -0.3 is 9.47 Å². The molecule has 4 aliphatic rings. The first-order valence-electron chi connectivity index (χ1n) is 9.93. The van der Waals surface area contributed by atoms with Crippen molar-refractivity contribution in [2.75, 3.05) is 6.61 Å². The van der Waals surface area contributed by atoms with Crippen LogP contribution in [0.5, 0.6) is 0 Å². The van der Waals surface area contributed by atoms with Crippen molar-refractivity contribution >= 4 is 0 Å². The molecule has 1 heterocycles. The highest BCUT2D eigenvalue weighted by Crippen LogP contribution is 2.64. The molecular weight excluding hydrogens is 284 g/mol. The Labute approximate surface area is 142 Å². The van der Waals surface area contributed by atoms with E-state index in [-0.39, 0.29) is 11.2 Å². The van der Waals surface area contributed by atoms with Crippen molar-refractivity contribution in [2.24, 2.45) is 22.7 Å². The molecule has 0 aromatic heterocycles. The average molecular weight is 319 g/mol. The summed E-state index contributed by atoms with van der Waals surface area (Å²) in [6, 6.07) is 0. The van der Waals surface area contributed by atoms with Gasteiger partial charge in [-0.05, 0) is 62.2 Å². The predicted octanol–water partition coefficient (Wildman–Crippen LogP) is 5.47. The van der Waals surface area contributed by atoms with E-state index in [0.29, 0.717) is 23.4 Å². The number of rotatable bonds is 1. The lowest BCUT2D eigenvalue weighted by Crippen LogP contribution is -2.63. The van der Waals surface area contributed by atoms with Gasteiger partial charge in [-0.15, -0.1) is 0 Å². The normalized spacial score (nSPS) is 49.0. The van der Waals surface area contributed by atoms with Crippen molar-refractivity contribution < 1.29 is 9.47 Å². The van der Waals surface area contributed by atoms with Gasteiger partial charge in [-0.3, -0.25) is 0 Å². The molecule has 23 heavy (non-hydrogen) atoms. The Balaban J connectivity index is 1.63. The zero-order chi connectivity index (χ0) is 16.3. The topological polar surface area (TPSA) is 18.5 Å². The molecule has 1 saturated heterocycles. The van der Waals surface area contributed by atoms with Gasteiger partial charge in [0.15, 0.2) is 5.79 Å². The summed E-state index contributed by atoms with van der Waals surface area (Å²) in [6.07, 6.45) is 11.4. The Morgan fingerprint density at radius 1 is 1.09 bits per heavy atom. The molecule has 2 heteroatoms. The Kier molecular flexibility index (Phi) is 3.74. The zero-order valence-electron chi connectivity index (χ0n) is 15.3. The standard InChI is InChI=1S/C21H34O2/c1-5-16-15(2)8-9-17-19(16,3)13-10-18-20(17,4)14-22-21(23-18)11-6-7-12-21/h16-18H,2,5-14H2,1,3-4H3/t16-,17?,18-,19+,20+/m1/s1. The highest BCUT2D eigenvalue weighted by Gasteiger charge is 2.61. The Hall–Kier alpha value is -0.340. The molecule has 0 aromatic carbocycles. The fourth-order valence-electron chi connectivity index (χ4n) is 6.87. The van der Waals surface area contributed by atoms with Crippen LogP contribution in [-0.4, -0.2) is 18.5 Å². The second-order valence-corrected chi connectivity index (χ2v) is 9.27. The summed E-state index contributed by atoms with van der Waals surface area (Å²) in [6.45, 7) is 12.7. The van der Waals surface area contributed by atoms with Crippen molar-refractivity contribution in [1.29, 1.82) is 0 Å². The second kappa shape index (κ2) is 5.33. The Morgan fingerprint density at radius 3 is 2.52 bits per heavy atom. The van der Waals surface area contributed by atoms with Crippen LogP contribution in [-0.2, 0) is 9.47 Å². The van der Waals surface area contributed by atoms with Crippen LogP contribution in [0.25, 0.3) is 0 Å². The Bertz CT molecular complexity index is 492. The highest BCUT2D eigenvalue weighted by atomic mass is 16.7. The summed E-state index contributed by atoms with van der Waals surface area (Å²) >= 11 is 0. The van der Waals surface area contributed by atoms with Gasteiger partial charge in [-0.1, -0.05) is 32.9 Å². The number of hydrogen-bond donors (Lipinski definition) is 0. The maximum absolute atomic E-state index is 6.69. The van der Waals surface area contributed by atoms with Crippen LogP contribution in [0, 0.1) is 22.7 Å². The fraction of sp³-hybridized carbons (Fsp3) is 0.905. The molecule has 0 radical (unpaired) electrons. The van der Waals surface area contributed by atoms with Crippen LogP contribution in [0.1, 0.15) is 78.6 Å². The quantitative estimate of drug-likeness (QED) is 0.597. The summed E-state index contributed by atoms with van der Waals surface area (Å²) in [5.74, 6) is 1.17. The molecule has 3 aliphatic carbocycles. The van der Waals surface area contributed by atoms with Crippen LogP contribution in [0.3, 0.4) is 0 Å². The molecular formula is C21H34O2. The third-order valence-electron chi connectivity index (χ3n) is 8.09. The second-order valence-electron chi connectivity index (χ2n) is 9.27. The SMILES string of the molecule is C=C1CCC2[C@]3(C)COC4(CCCC4)O[C@@H]3CC[C@@]2(C)[C@@H]1CC. The van der Waals surface area contributed by atoms with Crippen LogP contribution in [0.2, 0.25) is 0 Å². The number of ether oxygens (including phenoxy) is 2. The molecule has 4 fully saturated rings. The molecule has 5 atom stereocenters. The summed E-state index contributed by atoms with van der Waals surface area (Å²) < 4.78 is 13.1. The molecule has 1 spiro atoms. The third kappa shape index (κ3) is 2.20. The maximum Gasteiger partial charge on any atom is 0.168 e. The van der Waals surface area contributed by atoms with Gasteiger partial charge in [0.25, 0.3) is 0 Å². The molecule has 0 N–H and O–H groups in total. The predicted molar refractivity (Wildman–Crippen MR) is 93.1 cm³/mol. The largest absolute Gasteiger partial charge is 0.349 e. The van der Waals surface area contributed by atoms with E-state index in [0.717, 1.165) is 19.4 Å². The highest BCUT2D eigenvalue weighted by molar-refractivity contribution is 5.18. The summed E-state index contributed by atoms with van der Waals surface area (Å²) in [4.78, 5) is 0. The number of allylic oxidation sites excluding steroid dienone is 1. The van der Waals surface area contributed by atoms with Gasteiger partial charge in [0.2, 0.25) is 0 Å². The van der Waals surface area contributed by atoms with E-state index in [9.17, 15) is 0 Å². The molecule has 130 valence electrons. The smallest absolute Gasteiger partial charge is 0.168 e. The number of fused-ring (bicyclic) bond motifs is 3. The minimum Gasteiger partial charge on any atom is -0.349 e. The molecule has 0 aromatic rings. The lowest BCUT2D eigenvalue weighted by molar-refractivity contribution is -0.355. The van der Waals surface area contributed by atoms with E-state index < -0.39 is 0 Å². The van der Waals surface area contributed by atoms with Gasteiger partial charge in [0.05, 0.1) is 12.7 Å². The zero-order valence-corrected chi connectivity index (χ0v) is 15.3.